The van der Waals surface area contributed by atoms with Crippen LogP contribution in [-0.2, 0) is 21.5 Å². The van der Waals surface area contributed by atoms with E-state index in [2.05, 4.69) is 10.6 Å². The molecule has 7 nitrogen and oxygen atoms in total. The van der Waals surface area contributed by atoms with Crippen molar-refractivity contribution in [2.45, 2.75) is 18.9 Å². The lowest BCUT2D eigenvalue weighted by molar-refractivity contribution is -0.133. The topological polar surface area (TPSA) is 102 Å². The molecule has 2 aromatic carbocycles. The number of carbonyl (C=O) groups excluding carboxylic acids is 3. The van der Waals surface area contributed by atoms with Gasteiger partial charge in [0.05, 0.1) is 12.5 Å². The van der Waals surface area contributed by atoms with Crippen LogP contribution in [0.5, 0.6) is 0 Å². The fourth-order valence-electron chi connectivity index (χ4n) is 3.05. The molecular formula is C20H16F2N4O3. The fourth-order valence-corrected chi connectivity index (χ4v) is 3.05. The van der Waals surface area contributed by atoms with Gasteiger partial charge in [-0.1, -0.05) is 12.1 Å². The molecule has 0 spiro atoms. The number of halogens is 2. The van der Waals surface area contributed by atoms with Gasteiger partial charge in [0.15, 0.2) is 0 Å². The summed E-state index contributed by atoms with van der Waals surface area (Å²) in [4.78, 5) is 37.9. The van der Waals surface area contributed by atoms with E-state index < -0.39 is 41.6 Å². The molecule has 1 aliphatic heterocycles. The van der Waals surface area contributed by atoms with Crippen LogP contribution in [0.15, 0.2) is 42.5 Å². The highest BCUT2D eigenvalue weighted by molar-refractivity contribution is 6.10. The van der Waals surface area contributed by atoms with Gasteiger partial charge in [-0.25, -0.2) is 13.6 Å². The summed E-state index contributed by atoms with van der Waals surface area (Å²) in [7, 11) is 0. The number of benzene rings is 2. The molecule has 2 N–H and O–H groups in total. The van der Waals surface area contributed by atoms with Crippen LogP contribution in [0, 0.1) is 23.0 Å². The van der Waals surface area contributed by atoms with Gasteiger partial charge in [-0.3, -0.25) is 14.5 Å². The molecule has 0 aromatic heterocycles. The first-order chi connectivity index (χ1) is 13.7. The zero-order valence-corrected chi connectivity index (χ0v) is 15.3. The number of nitrogens with zero attached hydrogens (tertiary/aromatic N) is 2. The van der Waals surface area contributed by atoms with Crippen molar-refractivity contribution < 1.29 is 23.2 Å². The number of carbonyl (C=O) groups is 3. The quantitative estimate of drug-likeness (QED) is 0.755. The first-order valence-electron chi connectivity index (χ1n) is 8.60. The predicted octanol–water partition coefficient (Wildman–Crippen LogP) is 2.44. The molecule has 1 aliphatic rings. The average Bonchev–Trinajstić information content (AvgIpc) is 2.89. The maximum absolute atomic E-state index is 14.1. The Morgan fingerprint density at radius 1 is 1.21 bits per heavy atom. The molecule has 0 aliphatic carbocycles. The molecule has 1 saturated heterocycles. The lowest BCUT2D eigenvalue weighted by Crippen LogP contribution is -2.42. The number of nitrogens with one attached hydrogen (secondary N) is 2. The summed E-state index contributed by atoms with van der Waals surface area (Å²) in [5.41, 5.74) is -0.968. The first kappa shape index (κ1) is 19.9. The summed E-state index contributed by atoms with van der Waals surface area (Å²) in [6.45, 7) is 0.647. The van der Waals surface area contributed by atoms with Crippen LogP contribution in [-0.4, -0.2) is 29.3 Å². The number of hydrogen-bond donors (Lipinski definition) is 2. The summed E-state index contributed by atoms with van der Waals surface area (Å²) in [6, 6.07) is 10.2. The molecule has 3 rings (SSSR count). The largest absolute Gasteiger partial charge is 0.325 e. The molecule has 2 aromatic rings. The zero-order chi connectivity index (χ0) is 21.2. The number of imide groups is 1. The normalized spacial score (nSPS) is 18.3. The van der Waals surface area contributed by atoms with E-state index in [9.17, 15) is 23.2 Å². The summed E-state index contributed by atoms with van der Waals surface area (Å²) in [5, 5.41) is 13.5. The molecule has 9 heteroatoms. The van der Waals surface area contributed by atoms with E-state index in [4.69, 9.17) is 5.26 Å². The second-order valence-electron chi connectivity index (χ2n) is 6.65. The van der Waals surface area contributed by atoms with E-state index in [1.54, 1.807) is 24.3 Å². The second-order valence-corrected chi connectivity index (χ2v) is 6.65. The number of rotatable bonds is 5. The van der Waals surface area contributed by atoms with E-state index in [1.807, 2.05) is 6.07 Å². The minimum Gasteiger partial charge on any atom is -0.325 e. The van der Waals surface area contributed by atoms with Crippen molar-refractivity contribution >= 4 is 23.5 Å². The highest BCUT2D eigenvalue weighted by atomic mass is 19.1. The van der Waals surface area contributed by atoms with Crippen LogP contribution < -0.4 is 10.6 Å². The van der Waals surface area contributed by atoms with Gasteiger partial charge in [0, 0.05) is 11.3 Å². The van der Waals surface area contributed by atoms with E-state index in [1.165, 1.54) is 6.92 Å². The SMILES string of the molecule is C[C@]1(c2cc(F)ccc2F)NC(=O)N(CC(=O)Nc2ccc(CC#N)cc2)C1=O. The van der Waals surface area contributed by atoms with Gasteiger partial charge in [0.2, 0.25) is 5.91 Å². The predicted molar refractivity (Wildman–Crippen MR) is 98.3 cm³/mol. The summed E-state index contributed by atoms with van der Waals surface area (Å²) < 4.78 is 27.7. The first-order valence-corrected chi connectivity index (χ1v) is 8.60. The van der Waals surface area contributed by atoms with E-state index in [0.717, 1.165) is 23.8 Å². The lowest BCUT2D eigenvalue weighted by Gasteiger charge is -2.22. The van der Waals surface area contributed by atoms with Gasteiger partial charge >= 0.3 is 6.03 Å². The van der Waals surface area contributed by atoms with Crippen LogP contribution >= 0.6 is 0 Å². The summed E-state index contributed by atoms with van der Waals surface area (Å²) in [6.07, 6.45) is 0.228. The van der Waals surface area contributed by atoms with Gasteiger partial charge in [-0.05, 0) is 42.8 Å². The van der Waals surface area contributed by atoms with Crippen molar-refractivity contribution in [2.75, 3.05) is 11.9 Å². The van der Waals surface area contributed by atoms with Crippen LogP contribution in [0.2, 0.25) is 0 Å². The Morgan fingerprint density at radius 3 is 2.55 bits per heavy atom. The van der Waals surface area contributed by atoms with Crippen LogP contribution in [0.3, 0.4) is 0 Å². The van der Waals surface area contributed by atoms with Gasteiger partial charge in [0.1, 0.15) is 23.7 Å². The Morgan fingerprint density at radius 2 is 1.90 bits per heavy atom. The van der Waals surface area contributed by atoms with Crippen molar-refractivity contribution in [1.29, 1.82) is 5.26 Å². The number of nitriles is 1. The van der Waals surface area contributed by atoms with E-state index in [0.29, 0.717) is 10.6 Å². The van der Waals surface area contributed by atoms with E-state index >= 15 is 0 Å². The lowest BCUT2D eigenvalue weighted by atomic mass is 9.91. The van der Waals surface area contributed by atoms with Crippen molar-refractivity contribution in [3.8, 4) is 6.07 Å². The van der Waals surface area contributed by atoms with Crippen molar-refractivity contribution in [3.63, 3.8) is 0 Å². The number of amides is 4. The second kappa shape index (κ2) is 7.67. The smallest absolute Gasteiger partial charge is 0.325 e. The molecule has 1 heterocycles. The molecule has 29 heavy (non-hydrogen) atoms. The Kier molecular flexibility index (Phi) is 5.28. The number of anilines is 1. The molecule has 1 fully saturated rings. The monoisotopic (exact) mass is 398 g/mol. The maximum atomic E-state index is 14.1. The fraction of sp³-hybridized carbons (Fsp3) is 0.200. The van der Waals surface area contributed by atoms with Crippen molar-refractivity contribution in [3.05, 3.63) is 65.2 Å². The van der Waals surface area contributed by atoms with Gasteiger partial charge in [0.25, 0.3) is 5.91 Å². The Bertz CT molecular complexity index is 1030. The minimum atomic E-state index is -1.83. The highest BCUT2D eigenvalue weighted by Crippen LogP contribution is 2.31. The standard InChI is InChI=1S/C20H16F2N4O3/c1-20(15-10-13(21)4-7-16(15)22)18(28)26(19(29)25-20)11-17(27)24-14-5-2-12(3-6-14)8-9-23/h2-7,10H,8,11H2,1H3,(H,24,27)(H,25,29)/t20-/m1/s1. The number of urea groups is 1. The molecule has 0 radical (unpaired) electrons. The third kappa shape index (κ3) is 3.91. The molecular weight excluding hydrogens is 382 g/mol. The third-order valence-corrected chi connectivity index (χ3v) is 4.56. The number of hydrogen-bond acceptors (Lipinski definition) is 4. The minimum absolute atomic E-state index is 0.228. The molecule has 1 atom stereocenters. The molecule has 0 unspecified atom stereocenters. The average molecular weight is 398 g/mol. The van der Waals surface area contributed by atoms with Crippen LogP contribution in [0.25, 0.3) is 0 Å². The Balaban J connectivity index is 1.73. The molecule has 148 valence electrons. The summed E-state index contributed by atoms with van der Waals surface area (Å²) >= 11 is 0. The Labute approximate surface area is 164 Å². The van der Waals surface area contributed by atoms with Gasteiger partial charge in [-0.2, -0.15) is 5.26 Å². The summed E-state index contributed by atoms with van der Waals surface area (Å²) in [5.74, 6) is -3.14. The van der Waals surface area contributed by atoms with Gasteiger partial charge < -0.3 is 10.6 Å². The van der Waals surface area contributed by atoms with Crippen molar-refractivity contribution in [2.24, 2.45) is 0 Å². The maximum Gasteiger partial charge on any atom is 0.325 e. The Hall–Kier alpha value is -3.80. The highest BCUT2D eigenvalue weighted by Gasteiger charge is 2.50. The molecule has 4 amide bonds. The zero-order valence-electron chi connectivity index (χ0n) is 15.3. The van der Waals surface area contributed by atoms with Crippen LogP contribution in [0.4, 0.5) is 19.3 Å². The van der Waals surface area contributed by atoms with Crippen molar-refractivity contribution in [1.82, 2.24) is 10.2 Å². The molecule has 0 bridgehead atoms. The third-order valence-electron chi connectivity index (χ3n) is 4.56. The van der Waals surface area contributed by atoms with Gasteiger partial charge in [-0.15, -0.1) is 0 Å². The van der Waals surface area contributed by atoms with E-state index in [-0.39, 0.29) is 12.0 Å². The molecule has 0 saturated carbocycles. The van der Waals surface area contributed by atoms with Crippen LogP contribution in [0.1, 0.15) is 18.1 Å².